The first-order valence-electron chi connectivity index (χ1n) is 46.8. The van der Waals surface area contributed by atoms with Crippen LogP contribution >= 0.6 is 0 Å². The van der Waals surface area contributed by atoms with Gasteiger partial charge in [-0.05, 0) is 201 Å². The van der Waals surface area contributed by atoms with Gasteiger partial charge in [-0.1, -0.05) is 291 Å². The van der Waals surface area contributed by atoms with Crippen molar-refractivity contribution in [3.63, 3.8) is 0 Å². The molecule has 0 unspecified atom stereocenters. The maximum atomic E-state index is 6.13. The maximum Gasteiger partial charge on any atom is 0.235 e. The van der Waals surface area contributed by atoms with E-state index in [2.05, 4.69) is 357 Å². The van der Waals surface area contributed by atoms with Crippen LogP contribution in [0.5, 0.6) is 0 Å². The highest BCUT2D eigenvalue weighted by molar-refractivity contribution is 6.23. The second-order valence-corrected chi connectivity index (χ2v) is 35.3. The summed E-state index contributed by atoms with van der Waals surface area (Å²) in [6, 6.07) is 152. The molecule has 12 aromatic heterocycles. The third kappa shape index (κ3) is 14.0. The first-order chi connectivity index (χ1) is 69.4. The highest BCUT2D eigenvalue weighted by atomic mass is 16.3. The molecule has 0 atom stereocenters. The number of nitrogens with zero attached hydrogens (tertiary/aromatic N) is 11. The molecule has 14 heteroatoms. The fourth-order valence-corrected chi connectivity index (χ4v) is 20.4. The number of para-hydroxylation sites is 4. The predicted octanol–water partition coefficient (Wildman–Crippen LogP) is 32.5. The molecule has 0 fully saturated rings. The van der Waals surface area contributed by atoms with Crippen LogP contribution in [0.25, 0.3) is 271 Å². The number of rotatable bonds is 12. The Balaban J connectivity index is 0.000000106. The van der Waals surface area contributed by atoms with Crippen LogP contribution in [0, 0.1) is 0 Å². The Bertz CT molecular complexity index is 9400. The summed E-state index contributed by atoms with van der Waals surface area (Å²) < 4.78 is 25.0. The Morgan fingerprint density at radius 2 is 0.557 bits per heavy atom. The van der Waals surface area contributed by atoms with Crippen molar-refractivity contribution in [3.05, 3.63) is 468 Å². The van der Waals surface area contributed by atoms with E-state index in [1.807, 2.05) is 122 Å². The molecule has 29 rings (SSSR count). The van der Waals surface area contributed by atoms with Gasteiger partial charge in [0.25, 0.3) is 0 Å². The summed E-state index contributed by atoms with van der Waals surface area (Å²) in [6.45, 7) is 0. The average molecular weight is 1790 g/mol. The molecule has 654 valence electrons. The normalized spacial score (nSPS) is 11.7. The molecule has 0 aliphatic carbocycles. The molecule has 17 aromatic carbocycles. The number of pyridine rings is 4. The lowest BCUT2D eigenvalue weighted by Crippen LogP contribution is -2.03. The van der Waals surface area contributed by atoms with Gasteiger partial charge in [0.2, 0.25) is 5.95 Å². The summed E-state index contributed by atoms with van der Waals surface area (Å²) in [5.41, 5.74) is 32.3. The van der Waals surface area contributed by atoms with Gasteiger partial charge in [0, 0.05) is 129 Å². The molecule has 0 spiro atoms. The number of hydrogen-bond acceptors (Lipinski definition) is 11. The second-order valence-electron chi connectivity index (χ2n) is 35.3. The van der Waals surface area contributed by atoms with E-state index in [1.54, 1.807) is 12.4 Å². The Kier molecular flexibility index (Phi) is 19.2. The minimum Gasteiger partial charge on any atom is -0.456 e. The van der Waals surface area contributed by atoms with Crippen molar-refractivity contribution in [3.8, 4) is 118 Å². The minimum atomic E-state index is 0.649. The molecule has 12 heterocycles. The molecule has 29 aromatic rings. The van der Waals surface area contributed by atoms with Gasteiger partial charge in [0.15, 0.2) is 0 Å². The molecular formula is C126H77N11O3. The van der Waals surface area contributed by atoms with Crippen LogP contribution < -0.4 is 0 Å². The highest BCUT2D eigenvalue weighted by Crippen LogP contribution is 2.46. The van der Waals surface area contributed by atoms with E-state index < -0.39 is 0 Å². The average Bonchev–Trinajstić information content (AvgIpc) is 1.57. The number of aromatic nitrogens is 11. The van der Waals surface area contributed by atoms with E-state index in [1.165, 1.54) is 0 Å². The number of benzene rings is 17. The SMILES string of the molecule is c1ccc(-c2cc(-c3ccccc3)nc(-n3c4ccc(-c5ccc6oc7ccccc7c6c5)cc4c4c5cnccc5cnc43)c2)cc1.c1ccc(-c2cc(-c3ccccc3)nc(-n3c4ccc(-c5ccc6oc7ccccc7c6c5)cc4c4c5nccnc5ccc43)c2)cc1.c1ccc(-c2cc(-c3ccccc3)nc(-n3c4ccccc4c4cc(-c5ccc6oc7ccccc7c6c5)ccc43)n2)cc1. The molecule has 0 bridgehead atoms. The van der Waals surface area contributed by atoms with E-state index in [0.717, 1.165) is 265 Å². The lowest BCUT2D eigenvalue weighted by Gasteiger charge is -2.13. The predicted molar refractivity (Wildman–Crippen MR) is 570 cm³/mol. The summed E-state index contributed by atoms with van der Waals surface area (Å²) in [4.78, 5) is 40.0. The second kappa shape index (κ2) is 33.5. The Hall–Kier alpha value is -19.2. The molecule has 0 N–H and O–H groups in total. The van der Waals surface area contributed by atoms with Crippen molar-refractivity contribution in [2.75, 3.05) is 0 Å². The van der Waals surface area contributed by atoms with Crippen LogP contribution in [0.4, 0.5) is 0 Å². The van der Waals surface area contributed by atoms with Gasteiger partial charge >= 0.3 is 0 Å². The van der Waals surface area contributed by atoms with Gasteiger partial charge < -0.3 is 13.3 Å². The largest absolute Gasteiger partial charge is 0.456 e. The van der Waals surface area contributed by atoms with Crippen LogP contribution in [0.2, 0.25) is 0 Å². The Morgan fingerprint density at radius 1 is 0.193 bits per heavy atom. The summed E-state index contributed by atoms with van der Waals surface area (Å²) in [7, 11) is 0. The highest BCUT2D eigenvalue weighted by Gasteiger charge is 2.26. The van der Waals surface area contributed by atoms with Crippen LogP contribution in [0.1, 0.15) is 0 Å². The summed E-state index contributed by atoms with van der Waals surface area (Å²) in [6.07, 6.45) is 9.23. The monoisotopic (exact) mass is 1790 g/mol. The minimum absolute atomic E-state index is 0.649. The van der Waals surface area contributed by atoms with E-state index >= 15 is 0 Å². The molecule has 0 aliphatic rings. The van der Waals surface area contributed by atoms with Crippen LogP contribution in [0.15, 0.2) is 481 Å². The van der Waals surface area contributed by atoms with Crippen LogP contribution in [-0.2, 0) is 0 Å². The van der Waals surface area contributed by atoms with Gasteiger partial charge in [0.05, 0.1) is 61.4 Å². The number of furan rings is 3. The smallest absolute Gasteiger partial charge is 0.235 e. The number of fused-ring (bicyclic) bond motifs is 22. The fourth-order valence-electron chi connectivity index (χ4n) is 20.4. The van der Waals surface area contributed by atoms with Crippen molar-refractivity contribution in [1.82, 2.24) is 53.6 Å². The first kappa shape index (κ1) is 80.5. The molecule has 0 aliphatic heterocycles. The van der Waals surface area contributed by atoms with Gasteiger partial charge in [-0.25, -0.2) is 24.9 Å². The van der Waals surface area contributed by atoms with Gasteiger partial charge in [-0.3, -0.25) is 28.7 Å². The topological polar surface area (TPSA) is 157 Å². The van der Waals surface area contributed by atoms with Crippen molar-refractivity contribution in [1.29, 1.82) is 0 Å². The zero-order valence-electron chi connectivity index (χ0n) is 75.1. The standard InChI is InChI=1S/2C43H26N4O.C40H25N3O/c1-3-9-27(10-4-1)31-25-36(28-11-5-2-6-12-28)46-41(26-31)47-37-18-15-29(24-34(37)42-38(47)19-17-35-43(42)45-22-21-44-35)30-16-20-40-33(23-30)32-13-7-8-14-39(32)48-40;1-3-9-27(10-4-1)32-23-37(28-11-5-2-6-12-28)46-41(24-32)47-38-17-15-29(22-35(38)42-36-26-44-20-19-31(36)25-45-43(42)47)30-16-18-40-34(21-30)33-13-7-8-14-39(33)48-40;1-3-11-26(12-4-1)34-25-35(27-13-5-2-6-14-27)42-40(41-34)43-36-17-9-7-15-30(36)32-23-28(19-21-37(32)43)29-20-22-39-33(24-29)31-16-8-10-18-38(31)44-39/h2*1-26H;1-25H. The molecular weight excluding hydrogens is 1720 g/mol. The maximum absolute atomic E-state index is 6.13. The molecule has 140 heavy (non-hydrogen) atoms. The third-order valence-electron chi connectivity index (χ3n) is 27.0. The quantitative estimate of drug-likeness (QED) is 0.115. The summed E-state index contributed by atoms with van der Waals surface area (Å²) in [5, 5.41) is 15.4. The van der Waals surface area contributed by atoms with Crippen LogP contribution in [0.3, 0.4) is 0 Å². The van der Waals surface area contributed by atoms with Gasteiger partial charge in [0.1, 0.15) is 50.8 Å². The van der Waals surface area contributed by atoms with Gasteiger partial charge in [-0.2, -0.15) is 0 Å². The van der Waals surface area contributed by atoms with Crippen molar-refractivity contribution < 1.29 is 13.3 Å². The number of hydrogen-bond donors (Lipinski definition) is 0. The first-order valence-corrected chi connectivity index (χ1v) is 46.8. The zero-order valence-corrected chi connectivity index (χ0v) is 75.1. The van der Waals surface area contributed by atoms with Crippen molar-refractivity contribution in [2.24, 2.45) is 0 Å². The summed E-state index contributed by atoms with van der Waals surface area (Å²) in [5.74, 6) is 2.30. The Labute approximate surface area is 800 Å². The summed E-state index contributed by atoms with van der Waals surface area (Å²) >= 11 is 0. The molecule has 0 radical (unpaired) electrons. The van der Waals surface area contributed by atoms with Gasteiger partial charge in [-0.15, -0.1) is 0 Å². The van der Waals surface area contributed by atoms with Crippen molar-refractivity contribution in [2.45, 2.75) is 0 Å². The zero-order chi connectivity index (χ0) is 92.2. The molecule has 0 saturated carbocycles. The molecule has 14 nitrogen and oxygen atoms in total. The van der Waals surface area contributed by atoms with E-state index in [9.17, 15) is 0 Å². The van der Waals surface area contributed by atoms with Crippen LogP contribution in [-0.4, -0.2) is 53.6 Å². The van der Waals surface area contributed by atoms with E-state index in [0.29, 0.717) is 5.95 Å². The fraction of sp³-hybridized carbons (Fsp3) is 0. The third-order valence-corrected chi connectivity index (χ3v) is 27.0. The van der Waals surface area contributed by atoms with E-state index in [-0.39, 0.29) is 0 Å². The Morgan fingerprint density at radius 3 is 1.04 bits per heavy atom. The lowest BCUT2D eigenvalue weighted by molar-refractivity contribution is 0.668. The lowest BCUT2D eigenvalue weighted by atomic mass is 10.00. The molecule has 0 saturated heterocycles. The van der Waals surface area contributed by atoms with Crippen molar-refractivity contribution >= 4 is 153 Å². The van der Waals surface area contributed by atoms with E-state index in [4.69, 9.17) is 43.2 Å². The molecule has 0 amide bonds.